The molecule has 1 fully saturated rings. The number of halogens is 1. The molecule has 8 nitrogen and oxygen atoms in total. The number of ether oxygens (including phenoxy) is 1. The number of allylic oxidation sites excluding steroid dienone is 1. The van der Waals surface area contributed by atoms with Gasteiger partial charge in [-0.3, -0.25) is 19.6 Å². The summed E-state index contributed by atoms with van der Waals surface area (Å²) < 4.78 is 20.4. The zero-order chi connectivity index (χ0) is 21.7. The van der Waals surface area contributed by atoms with Crippen molar-refractivity contribution < 1.29 is 19.0 Å². The molecule has 1 aliphatic heterocycles. The molecule has 0 spiro atoms. The summed E-state index contributed by atoms with van der Waals surface area (Å²) in [6.07, 6.45) is 2.31. The van der Waals surface area contributed by atoms with Crippen LogP contribution in [0.1, 0.15) is 31.1 Å². The van der Waals surface area contributed by atoms with Gasteiger partial charge in [-0.1, -0.05) is 12.7 Å². The minimum absolute atomic E-state index is 0.0970. The average Bonchev–Trinajstić information content (AvgIpc) is 3.02. The highest BCUT2D eigenvalue weighted by molar-refractivity contribution is 6.03. The minimum Gasteiger partial charge on any atom is -0.385 e. The number of imidazole rings is 1. The molecule has 2 aromatic rings. The molecule has 1 saturated heterocycles. The van der Waals surface area contributed by atoms with Crippen LogP contribution in [0.4, 0.5) is 10.3 Å². The van der Waals surface area contributed by atoms with Crippen LogP contribution in [0.2, 0.25) is 0 Å². The Kier molecular flexibility index (Phi) is 7.30. The van der Waals surface area contributed by atoms with Crippen LogP contribution in [0.3, 0.4) is 0 Å². The van der Waals surface area contributed by atoms with Crippen LogP contribution in [0.5, 0.6) is 0 Å². The van der Waals surface area contributed by atoms with Crippen molar-refractivity contribution in [3.63, 3.8) is 0 Å². The van der Waals surface area contributed by atoms with Crippen LogP contribution < -0.4 is 5.32 Å². The van der Waals surface area contributed by atoms with E-state index in [4.69, 9.17) is 4.74 Å². The number of amides is 1. The maximum Gasteiger partial charge on any atom is 0.253 e. The molecular weight excluding hydrogens is 389 g/mol. The number of aliphatic hydroxyl groups excluding tert-OH is 1. The van der Waals surface area contributed by atoms with Crippen LogP contribution in [-0.4, -0.2) is 63.4 Å². The standard InChI is InChI=1S/C21H28FN5O3/c1-4-16(22)11-14(2)19(28)25-21-24-17-12-15(20(29)26-7-5-8-26)13-23-18(17)27(21)9-6-10-30-3/h4,12-13,16,20,29H,1-2,5-11H2,3H3,(H,24,25,28). The fraction of sp³-hybridized carbons (Fsp3) is 0.476. The van der Waals surface area contributed by atoms with Crippen LogP contribution in [0, 0.1) is 0 Å². The number of carbonyl (C=O) groups excluding carboxylic acids is 1. The molecule has 2 aromatic heterocycles. The fourth-order valence-electron chi connectivity index (χ4n) is 3.24. The molecule has 0 bridgehead atoms. The minimum atomic E-state index is -1.34. The molecule has 3 rings (SSSR count). The fourth-order valence-corrected chi connectivity index (χ4v) is 3.24. The zero-order valence-electron chi connectivity index (χ0n) is 17.2. The van der Waals surface area contributed by atoms with Crippen molar-refractivity contribution in [2.24, 2.45) is 0 Å². The highest BCUT2D eigenvalue weighted by Gasteiger charge is 2.25. The Morgan fingerprint density at radius 1 is 1.50 bits per heavy atom. The number of nitrogens with one attached hydrogen (secondary N) is 1. The number of fused-ring (bicyclic) bond motifs is 1. The van der Waals surface area contributed by atoms with E-state index in [1.807, 2.05) is 4.90 Å². The van der Waals surface area contributed by atoms with Crippen LogP contribution in [-0.2, 0) is 16.1 Å². The number of likely N-dealkylation sites (tertiary alicyclic amines) is 1. The number of rotatable bonds is 11. The molecular formula is C21H28FN5O3. The number of alkyl halides is 1. The summed E-state index contributed by atoms with van der Waals surface area (Å²) in [4.78, 5) is 23.4. The topological polar surface area (TPSA) is 92.5 Å². The van der Waals surface area contributed by atoms with Gasteiger partial charge >= 0.3 is 0 Å². The van der Waals surface area contributed by atoms with Gasteiger partial charge in [-0.25, -0.2) is 14.4 Å². The van der Waals surface area contributed by atoms with E-state index >= 15 is 0 Å². The maximum atomic E-state index is 13.5. The Morgan fingerprint density at radius 3 is 2.90 bits per heavy atom. The van der Waals surface area contributed by atoms with E-state index in [-0.39, 0.29) is 12.0 Å². The largest absolute Gasteiger partial charge is 0.385 e. The SMILES string of the molecule is C=CC(F)CC(=C)C(=O)Nc1nc2cc(C(O)N3CCC3)cnc2n1CCCOC. The van der Waals surface area contributed by atoms with Gasteiger partial charge in [-0.05, 0) is 18.9 Å². The Hall–Kier alpha value is -2.62. The van der Waals surface area contributed by atoms with E-state index in [0.29, 0.717) is 42.2 Å². The third-order valence-corrected chi connectivity index (χ3v) is 5.11. The van der Waals surface area contributed by atoms with Gasteiger partial charge in [0.25, 0.3) is 5.91 Å². The second-order valence-corrected chi connectivity index (χ2v) is 7.32. The van der Waals surface area contributed by atoms with Gasteiger partial charge < -0.3 is 9.84 Å². The number of aryl methyl sites for hydroxylation is 1. The third-order valence-electron chi connectivity index (χ3n) is 5.11. The number of aromatic nitrogens is 3. The van der Waals surface area contributed by atoms with Crippen molar-refractivity contribution in [3.8, 4) is 0 Å². The van der Waals surface area contributed by atoms with Crippen molar-refractivity contribution in [2.45, 2.75) is 38.2 Å². The van der Waals surface area contributed by atoms with E-state index in [0.717, 1.165) is 25.6 Å². The van der Waals surface area contributed by atoms with Gasteiger partial charge in [0.15, 0.2) is 5.65 Å². The van der Waals surface area contributed by atoms with Crippen molar-refractivity contribution in [1.82, 2.24) is 19.4 Å². The summed E-state index contributed by atoms with van der Waals surface area (Å²) in [5.74, 6) is -0.215. The van der Waals surface area contributed by atoms with Gasteiger partial charge in [0.1, 0.15) is 17.9 Å². The van der Waals surface area contributed by atoms with Crippen LogP contribution in [0.15, 0.2) is 37.1 Å². The number of carbonyl (C=O) groups is 1. The first-order valence-electron chi connectivity index (χ1n) is 9.97. The third kappa shape index (κ3) is 4.92. The number of aliphatic hydroxyl groups is 1. The number of pyridine rings is 1. The average molecular weight is 417 g/mol. The monoisotopic (exact) mass is 417 g/mol. The van der Waals surface area contributed by atoms with Gasteiger partial charge in [-0.2, -0.15) is 0 Å². The molecule has 2 atom stereocenters. The summed E-state index contributed by atoms with van der Waals surface area (Å²) in [6.45, 7) is 9.78. The predicted octanol–water partition coefficient (Wildman–Crippen LogP) is 2.57. The van der Waals surface area contributed by atoms with Gasteiger partial charge in [0.2, 0.25) is 5.95 Å². The van der Waals surface area contributed by atoms with Crippen molar-refractivity contribution in [2.75, 3.05) is 32.1 Å². The van der Waals surface area contributed by atoms with E-state index < -0.39 is 18.3 Å². The second kappa shape index (κ2) is 9.92. The lowest BCUT2D eigenvalue weighted by atomic mass is 10.1. The van der Waals surface area contributed by atoms with E-state index in [1.54, 1.807) is 23.9 Å². The molecule has 0 radical (unpaired) electrons. The molecule has 162 valence electrons. The number of methoxy groups -OCH3 is 1. The molecule has 1 aliphatic rings. The highest BCUT2D eigenvalue weighted by Crippen LogP contribution is 2.26. The Bertz CT molecular complexity index is 925. The quantitative estimate of drug-likeness (QED) is 0.332. The molecule has 2 N–H and O–H groups in total. The Balaban J connectivity index is 1.86. The molecule has 3 heterocycles. The van der Waals surface area contributed by atoms with E-state index in [1.165, 1.54) is 0 Å². The summed E-state index contributed by atoms with van der Waals surface area (Å²) in [5.41, 5.74) is 1.89. The van der Waals surface area contributed by atoms with E-state index in [9.17, 15) is 14.3 Å². The maximum absolute atomic E-state index is 13.5. The second-order valence-electron chi connectivity index (χ2n) is 7.32. The Labute approximate surface area is 175 Å². The Morgan fingerprint density at radius 2 is 2.27 bits per heavy atom. The summed E-state index contributed by atoms with van der Waals surface area (Å²) in [5, 5.41) is 13.2. The van der Waals surface area contributed by atoms with Crippen LogP contribution in [0.25, 0.3) is 11.2 Å². The molecule has 30 heavy (non-hydrogen) atoms. The first-order valence-corrected chi connectivity index (χ1v) is 9.97. The molecule has 1 amide bonds. The lowest BCUT2D eigenvalue weighted by molar-refractivity contribution is -0.113. The number of nitrogens with zero attached hydrogens (tertiary/aromatic N) is 4. The van der Waals surface area contributed by atoms with Crippen molar-refractivity contribution >= 4 is 23.0 Å². The van der Waals surface area contributed by atoms with Crippen molar-refractivity contribution in [3.05, 3.63) is 42.6 Å². The molecule has 0 aromatic carbocycles. The number of hydrogen-bond acceptors (Lipinski definition) is 6. The number of anilines is 1. The van der Waals surface area contributed by atoms with Gasteiger partial charge in [-0.15, -0.1) is 6.58 Å². The van der Waals surface area contributed by atoms with E-state index in [2.05, 4.69) is 28.4 Å². The smallest absolute Gasteiger partial charge is 0.253 e. The highest BCUT2D eigenvalue weighted by atomic mass is 19.1. The molecule has 0 saturated carbocycles. The lowest BCUT2D eigenvalue weighted by Crippen LogP contribution is -2.40. The van der Waals surface area contributed by atoms with Gasteiger partial charge in [0, 0.05) is 57.1 Å². The summed E-state index contributed by atoms with van der Waals surface area (Å²) in [7, 11) is 1.62. The zero-order valence-corrected chi connectivity index (χ0v) is 17.2. The van der Waals surface area contributed by atoms with Crippen LogP contribution >= 0.6 is 0 Å². The van der Waals surface area contributed by atoms with Crippen molar-refractivity contribution in [1.29, 1.82) is 0 Å². The molecule has 0 aliphatic carbocycles. The molecule has 9 heteroatoms. The number of hydrogen-bond donors (Lipinski definition) is 2. The predicted molar refractivity (Wildman–Crippen MR) is 113 cm³/mol. The normalized spacial score (nSPS) is 16.1. The van der Waals surface area contributed by atoms with Gasteiger partial charge in [0.05, 0.1) is 0 Å². The lowest BCUT2D eigenvalue weighted by Gasteiger charge is -2.35. The first-order chi connectivity index (χ1) is 14.4. The summed E-state index contributed by atoms with van der Waals surface area (Å²) >= 11 is 0. The summed E-state index contributed by atoms with van der Waals surface area (Å²) in [6, 6.07) is 1.78. The first kappa shape index (κ1) is 22.1. The molecule has 2 unspecified atom stereocenters.